The average molecular weight is 482 g/mol. The molecule has 188 valence electrons. The molecule has 0 aromatic heterocycles. The molecule has 2 aromatic rings. The highest BCUT2D eigenvalue weighted by Crippen LogP contribution is 2.25. The van der Waals surface area contributed by atoms with Gasteiger partial charge in [-0.3, -0.25) is 9.59 Å². The molecule has 1 saturated heterocycles. The van der Waals surface area contributed by atoms with Crippen molar-refractivity contribution in [2.45, 2.75) is 46.6 Å². The fraction of sp³-hybridized carbons (Fsp3) is 0.444. The van der Waals surface area contributed by atoms with Gasteiger partial charge in [-0.25, -0.2) is 4.79 Å². The molecule has 1 atom stereocenters. The smallest absolute Gasteiger partial charge is 0.329 e. The monoisotopic (exact) mass is 481 g/mol. The number of rotatable bonds is 10. The minimum Gasteiger partial charge on any atom is -0.494 e. The predicted molar refractivity (Wildman–Crippen MR) is 136 cm³/mol. The Bertz CT molecular complexity index is 1030. The van der Waals surface area contributed by atoms with Crippen molar-refractivity contribution in [2.24, 2.45) is 5.92 Å². The maximum Gasteiger partial charge on any atom is 0.329 e. The summed E-state index contributed by atoms with van der Waals surface area (Å²) in [6.45, 7) is 9.61. The van der Waals surface area contributed by atoms with Crippen LogP contribution >= 0.6 is 0 Å². The summed E-state index contributed by atoms with van der Waals surface area (Å²) in [7, 11) is 0. The summed E-state index contributed by atoms with van der Waals surface area (Å²) in [6, 6.07) is 11.7. The molecule has 1 heterocycles. The maximum atomic E-state index is 12.7. The van der Waals surface area contributed by atoms with Gasteiger partial charge in [-0.05, 0) is 80.6 Å². The van der Waals surface area contributed by atoms with E-state index in [-0.39, 0.29) is 5.92 Å². The minimum absolute atomic E-state index is 0.224. The van der Waals surface area contributed by atoms with E-state index >= 15 is 0 Å². The predicted octanol–water partition coefficient (Wildman–Crippen LogP) is 3.93. The van der Waals surface area contributed by atoms with E-state index in [0.717, 1.165) is 24.3 Å². The summed E-state index contributed by atoms with van der Waals surface area (Å²) in [6.07, 6.45) is 2.39. The zero-order chi connectivity index (χ0) is 25.4. The molecule has 8 nitrogen and oxygen atoms in total. The molecular formula is C27H35N3O5. The fourth-order valence-electron chi connectivity index (χ4n) is 3.96. The topological polar surface area (TPSA) is 97.0 Å². The van der Waals surface area contributed by atoms with Gasteiger partial charge >= 0.3 is 5.97 Å². The van der Waals surface area contributed by atoms with Gasteiger partial charge in [0, 0.05) is 30.0 Å². The van der Waals surface area contributed by atoms with Crippen LogP contribution in [0.25, 0.3) is 0 Å². The number of carbonyl (C=O) groups is 3. The highest BCUT2D eigenvalue weighted by molar-refractivity contribution is 5.98. The van der Waals surface area contributed by atoms with E-state index in [1.807, 2.05) is 26.0 Å². The third-order valence-corrected chi connectivity index (χ3v) is 5.94. The van der Waals surface area contributed by atoms with Gasteiger partial charge < -0.3 is 25.0 Å². The lowest BCUT2D eigenvalue weighted by Crippen LogP contribution is -2.45. The second-order valence-electron chi connectivity index (χ2n) is 9.00. The third-order valence-electron chi connectivity index (χ3n) is 5.94. The van der Waals surface area contributed by atoms with Crippen LogP contribution in [0, 0.1) is 12.8 Å². The molecule has 0 radical (unpaired) electrons. The van der Waals surface area contributed by atoms with Crippen molar-refractivity contribution in [1.29, 1.82) is 0 Å². The first kappa shape index (κ1) is 26.1. The molecule has 0 unspecified atom stereocenters. The highest BCUT2D eigenvalue weighted by Gasteiger charge is 2.27. The molecule has 3 rings (SSSR count). The lowest BCUT2D eigenvalue weighted by molar-refractivity contribution is -0.150. The molecule has 35 heavy (non-hydrogen) atoms. The Morgan fingerprint density at radius 2 is 1.71 bits per heavy atom. The van der Waals surface area contributed by atoms with Gasteiger partial charge in [0.15, 0.2) is 6.61 Å². The number of nitrogens with one attached hydrogen (secondary N) is 2. The van der Waals surface area contributed by atoms with Crippen molar-refractivity contribution in [3.8, 4) is 5.75 Å². The summed E-state index contributed by atoms with van der Waals surface area (Å²) in [5, 5.41) is 5.51. The van der Waals surface area contributed by atoms with Gasteiger partial charge in [0.1, 0.15) is 11.8 Å². The van der Waals surface area contributed by atoms with Crippen LogP contribution in [-0.4, -0.2) is 50.1 Å². The zero-order valence-electron chi connectivity index (χ0n) is 20.9. The number of ether oxygens (including phenoxy) is 2. The lowest BCUT2D eigenvalue weighted by atomic mass is 10.0. The molecule has 2 aromatic carbocycles. The summed E-state index contributed by atoms with van der Waals surface area (Å²) >= 11 is 0. The average Bonchev–Trinajstić information content (AvgIpc) is 3.38. The Kier molecular flexibility index (Phi) is 9.11. The van der Waals surface area contributed by atoms with E-state index < -0.39 is 30.4 Å². The Morgan fingerprint density at radius 3 is 2.31 bits per heavy atom. The van der Waals surface area contributed by atoms with E-state index in [9.17, 15) is 14.4 Å². The second-order valence-corrected chi connectivity index (χ2v) is 9.00. The van der Waals surface area contributed by atoms with Crippen LogP contribution in [0.3, 0.4) is 0 Å². The first-order valence-corrected chi connectivity index (χ1v) is 12.1. The SMILES string of the molecule is CCOc1ccc(C(=O)N[C@H](C(=O)OCC(=O)Nc2ccc(N3CCCC3)cc2C)C(C)C)cc1. The fourth-order valence-corrected chi connectivity index (χ4v) is 3.96. The van der Waals surface area contributed by atoms with Crippen molar-refractivity contribution in [1.82, 2.24) is 5.32 Å². The zero-order valence-corrected chi connectivity index (χ0v) is 20.9. The third kappa shape index (κ3) is 7.21. The van der Waals surface area contributed by atoms with Crippen molar-refractivity contribution in [3.05, 3.63) is 53.6 Å². The van der Waals surface area contributed by atoms with Gasteiger partial charge in [0.05, 0.1) is 6.61 Å². The van der Waals surface area contributed by atoms with Crippen LogP contribution in [0.5, 0.6) is 5.75 Å². The van der Waals surface area contributed by atoms with Gasteiger partial charge in [0.25, 0.3) is 11.8 Å². The number of hydrogen-bond donors (Lipinski definition) is 2. The lowest BCUT2D eigenvalue weighted by Gasteiger charge is -2.21. The Morgan fingerprint density at radius 1 is 1.03 bits per heavy atom. The van der Waals surface area contributed by atoms with E-state index in [2.05, 4.69) is 21.6 Å². The Hall–Kier alpha value is -3.55. The summed E-state index contributed by atoms with van der Waals surface area (Å²) in [5.41, 5.74) is 3.17. The van der Waals surface area contributed by atoms with Gasteiger partial charge in [-0.15, -0.1) is 0 Å². The number of aryl methyl sites for hydroxylation is 1. The van der Waals surface area contributed by atoms with Crippen LogP contribution < -0.4 is 20.3 Å². The molecule has 1 fully saturated rings. The second kappa shape index (κ2) is 12.2. The van der Waals surface area contributed by atoms with Crippen LogP contribution in [0.4, 0.5) is 11.4 Å². The number of anilines is 2. The summed E-state index contributed by atoms with van der Waals surface area (Å²) < 4.78 is 10.6. The quantitative estimate of drug-likeness (QED) is 0.499. The highest BCUT2D eigenvalue weighted by atomic mass is 16.5. The summed E-state index contributed by atoms with van der Waals surface area (Å²) in [4.78, 5) is 40.1. The van der Waals surface area contributed by atoms with Gasteiger partial charge in [0.2, 0.25) is 0 Å². The molecule has 2 amide bonds. The molecule has 0 saturated carbocycles. The number of benzene rings is 2. The first-order valence-electron chi connectivity index (χ1n) is 12.1. The molecule has 1 aliphatic heterocycles. The number of esters is 1. The van der Waals surface area contributed by atoms with Crippen molar-refractivity contribution >= 4 is 29.2 Å². The number of hydrogen-bond acceptors (Lipinski definition) is 6. The molecule has 0 bridgehead atoms. The minimum atomic E-state index is -0.886. The number of amides is 2. The van der Waals surface area contributed by atoms with Crippen molar-refractivity contribution in [2.75, 3.05) is 36.5 Å². The Balaban J connectivity index is 1.53. The van der Waals surface area contributed by atoms with Crippen molar-refractivity contribution in [3.63, 3.8) is 0 Å². The molecule has 0 aliphatic carbocycles. The number of nitrogens with zero attached hydrogens (tertiary/aromatic N) is 1. The molecule has 1 aliphatic rings. The van der Waals surface area contributed by atoms with E-state index in [1.165, 1.54) is 12.8 Å². The molecule has 2 N–H and O–H groups in total. The van der Waals surface area contributed by atoms with Crippen LogP contribution in [-0.2, 0) is 14.3 Å². The van der Waals surface area contributed by atoms with Crippen LogP contribution in [0.1, 0.15) is 49.5 Å². The van der Waals surface area contributed by atoms with Gasteiger partial charge in [-0.1, -0.05) is 13.8 Å². The largest absolute Gasteiger partial charge is 0.494 e. The molecule has 0 spiro atoms. The summed E-state index contributed by atoms with van der Waals surface area (Å²) in [5.74, 6) is -1.05. The van der Waals surface area contributed by atoms with E-state index in [4.69, 9.17) is 9.47 Å². The Labute approximate surface area is 207 Å². The number of carbonyl (C=O) groups excluding carboxylic acids is 3. The van der Waals surface area contributed by atoms with Crippen LogP contribution in [0.15, 0.2) is 42.5 Å². The van der Waals surface area contributed by atoms with E-state index in [1.54, 1.807) is 38.1 Å². The van der Waals surface area contributed by atoms with Gasteiger partial charge in [-0.2, -0.15) is 0 Å². The molecule has 8 heteroatoms. The standard InChI is InChI=1S/C27H35N3O5/c1-5-34-22-11-8-20(9-12-22)26(32)29-25(18(2)3)27(33)35-17-24(31)28-23-13-10-21(16-19(23)4)30-14-6-7-15-30/h8-13,16,18,25H,5-7,14-15,17H2,1-4H3,(H,28,31)(H,29,32)/t25-/m0/s1. The first-order chi connectivity index (χ1) is 16.8. The normalized spacial score (nSPS) is 13.9. The van der Waals surface area contributed by atoms with Crippen LogP contribution in [0.2, 0.25) is 0 Å². The molecular weight excluding hydrogens is 446 g/mol. The van der Waals surface area contributed by atoms with Crippen molar-refractivity contribution < 1.29 is 23.9 Å². The van der Waals surface area contributed by atoms with E-state index in [0.29, 0.717) is 23.6 Å². The maximum absolute atomic E-state index is 12.7.